The van der Waals surface area contributed by atoms with Crippen LogP contribution in [0.5, 0.6) is 0 Å². The number of carbonyl (C=O) groups excluding carboxylic acids is 2. The zero-order valence-electron chi connectivity index (χ0n) is 19.8. The molecule has 1 aromatic heterocycles. The van der Waals surface area contributed by atoms with E-state index in [4.69, 9.17) is 4.74 Å². The second-order valence-electron chi connectivity index (χ2n) is 9.70. The minimum absolute atomic E-state index is 0.0283. The predicted octanol–water partition coefficient (Wildman–Crippen LogP) is 3.99. The van der Waals surface area contributed by atoms with Gasteiger partial charge in [0.05, 0.1) is 5.41 Å². The molecule has 2 aliphatic heterocycles. The fourth-order valence-electron chi connectivity index (χ4n) is 5.13. The molecule has 3 heterocycles. The van der Waals surface area contributed by atoms with Gasteiger partial charge in [-0.1, -0.05) is 30.3 Å². The Morgan fingerprint density at radius 1 is 1.18 bits per heavy atom. The van der Waals surface area contributed by atoms with Crippen molar-refractivity contribution in [1.29, 1.82) is 0 Å². The molecule has 2 atom stereocenters. The van der Waals surface area contributed by atoms with Crippen LogP contribution in [-0.4, -0.2) is 53.5 Å². The average molecular weight is 450 g/mol. The van der Waals surface area contributed by atoms with Crippen LogP contribution in [0.3, 0.4) is 0 Å². The quantitative estimate of drug-likeness (QED) is 0.724. The number of amides is 2. The van der Waals surface area contributed by atoms with Gasteiger partial charge in [0.2, 0.25) is 5.91 Å². The fraction of sp³-hybridized carbons (Fsp3) is 0.519. The average Bonchev–Trinajstić information content (AvgIpc) is 2.85. The molecular weight excluding hydrogens is 414 g/mol. The van der Waals surface area contributed by atoms with Crippen molar-refractivity contribution in [3.8, 4) is 11.1 Å². The Balaban J connectivity index is 1.64. The Morgan fingerprint density at radius 2 is 2.03 bits per heavy atom. The molecule has 2 aliphatic rings. The van der Waals surface area contributed by atoms with E-state index in [2.05, 4.69) is 22.4 Å². The number of piperidine rings is 1. The van der Waals surface area contributed by atoms with Gasteiger partial charge in [-0.2, -0.15) is 0 Å². The minimum atomic E-state index is -0.675. The summed E-state index contributed by atoms with van der Waals surface area (Å²) in [7, 11) is 0. The summed E-state index contributed by atoms with van der Waals surface area (Å²) >= 11 is 0. The van der Waals surface area contributed by atoms with Gasteiger partial charge in [0.1, 0.15) is 6.10 Å². The lowest BCUT2D eigenvalue weighted by Gasteiger charge is -2.43. The van der Waals surface area contributed by atoms with Crippen molar-refractivity contribution in [2.75, 3.05) is 19.7 Å². The standard InChI is InChI=1S/C27H35N3O3/c1-20(2)29-26(32)27(13-8-15-30(19-27)25(31)24-12-5-6-16-33-24)17-21-9-3-4-11-23(21)22-10-7-14-28-18-22/h3-4,7,9-11,14,18,20,24H,5-6,8,12-13,15-17,19H2,1-2H3,(H,29,32)/t24-,27-/m1/s1. The first-order valence-corrected chi connectivity index (χ1v) is 12.2. The highest BCUT2D eigenvalue weighted by atomic mass is 16.5. The Morgan fingerprint density at radius 3 is 2.76 bits per heavy atom. The third-order valence-electron chi connectivity index (χ3n) is 6.76. The third-order valence-corrected chi connectivity index (χ3v) is 6.76. The lowest BCUT2D eigenvalue weighted by molar-refractivity contribution is -0.152. The summed E-state index contributed by atoms with van der Waals surface area (Å²) < 4.78 is 5.78. The summed E-state index contributed by atoms with van der Waals surface area (Å²) in [6.07, 6.45) is 8.18. The van der Waals surface area contributed by atoms with Crippen molar-refractivity contribution in [1.82, 2.24) is 15.2 Å². The van der Waals surface area contributed by atoms with E-state index in [1.54, 1.807) is 6.20 Å². The van der Waals surface area contributed by atoms with Crippen LogP contribution in [0.25, 0.3) is 11.1 Å². The van der Waals surface area contributed by atoms with Crippen molar-refractivity contribution >= 4 is 11.8 Å². The van der Waals surface area contributed by atoms with Gasteiger partial charge in [-0.05, 0) is 69.6 Å². The second kappa shape index (κ2) is 10.5. The summed E-state index contributed by atoms with van der Waals surface area (Å²) in [4.78, 5) is 33.1. The Bertz CT molecular complexity index is 956. The maximum absolute atomic E-state index is 13.6. The summed E-state index contributed by atoms with van der Waals surface area (Å²) in [5.74, 6) is 0.0669. The highest BCUT2D eigenvalue weighted by molar-refractivity contribution is 5.86. The van der Waals surface area contributed by atoms with Gasteiger partial charge in [-0.25, -0.2) is 0 Å². The SMILES string of the molecule is CC(C)NC(=O)[C@@]1(Cc2ccccc2-c2cccnc2)CCCN(C(=O)[C@H]2CCCCO2)C1. The largest absolute Gasteiger partial charge is 0.368 e. The van der Waals surface area contributed by atoms with Crippen molar-refractivity contribution in [3.63, 3.8) is 0 Å². The molecule has 0 radical (unpaired) electrons. The molecule has 1 aromatic carbocycles. The van der Waals surface area contributed by atoms with E-state index >= 15 is 0 Å². The van der Waals surface area contributed by atoms with Gasteiger partial charge < -0.3 is 15.0 Å². The van der Waals surface area contributed by atoms with E-state index in [0.717, 1.165) is 48.8 Å². The molecule has 2 saturated heterocycles. The molecule has 2 aromatic rings. The number of hydrogen-bond donors (Lipinski definition) is 1. The van der Waals surface area contributed by atoms with Gasteiger partial charge in [0, 0.05) is 43.7 Å². The van der Waals surface area contributed by atoms with Crippen molar-refractivity contribution in [2.24, 2.45) is 5.41 Å². The lowest BCUT2D eigenvalue weighted by Crippen LogP contribution is -2.57. The molecule has 33 heavy (non-hydrogen) atoms. The first kappa shape index (κ1) is 23.4. The number of hydrogen-bond acceptors (Lipinski definition) is 4. The molecule has 6 nitrogen and oxygen atoms in total. The molecule has 4 rings (SSSR count). The molecule has 6 heteroatoms. The van der Waals surface area contributed by atoms with Crippen LogP contribution in [0.15, 0.2) is 48.8 Å². The van der Waals surface area contributed by atoms with Crippen LogP contribution in [-0.2, 0) is 20.7 Å². The Labute approximate surface area is 196 Å². The van der Waals surface area contributed by atoms with Crippen molar-refractivity contribution in [2.45, 2.75) is 64.5 Å². The first-order valence-electron chi connectivity index (χ1n) is 12.2. The number of rotatable bonds is 6. The predicted molar refractivity (Wildman–Crippen MR) is 128 cm³/mol. The topological polar surface area (TPSA) is 71.5 Å². The number of ether oxygens (including phenoxy) is 1. The molecule has 2 fully saturated rings. The van der Waals surface area contributed by atoms with E-state index in [0.29, 0.717) is 26.1 Å². The number of nitrogens with one attached hydrogen (secondary N) is 1. The molecule has 176 valence electrons. The lowest BCUT2D eigenvalue weighted by atomic mass is 9.73. The van der Waals surface area contributed by atoms with Crippen LogP contribution < -0.4 is 5.32 Å². The third kappa shape index (κ3) is 5.44. The van der Waals surface area contributed by atoms with Gasteiger partial charge in [0.15, 0.2) is 0 Å². The number of carbonyl (C=O) groups is 2. The molecule has 0 unspecified atom stereocenters. The van der Waals surface area contributed by atoms with E-state index in [1.165, 1.54) is 0 Å². The summed E-state index contributed by atoms with van der Waals surface area (Å²) in [6.45, 7) is 5.71. The highest BCUT2D eigenvalue weighted by Crippen LogP contribution is 2.38. The first-order chi connectivity index (χ1) is 16.0. The second-order valence-corrected chi connectivity index (χ2v) is 9.70. The van der Waals surface area contributed by atoms with E-state index in [1.807, 2.05) is 49.2 Å². The normalized spacial score (nSPS) is 23.4. The van der Waals surface area contributed by atoms with Crippen LogP contribution in [0.1, 0.15) is 51.5 Å². The number of pyridine rings is 1. The van der Waals surface area contributed by atoms with E-state index < -0.39 is 5.41 Å². The maximum atomic E-state index is 13.6. The highest BCUT2D eigenvalue weighted by Gasteiger charge is 2.45. The van der Waals surface area contributed by atoms with Gasteiger partial charge in [-0.15, -0.1) is 0 Å². The number of likely N-dealkylation sites (tertiary alicyclic amines) is 1. The smallest absolute Gasteiger partial charge is 0.251 e. The number of aromatic nitrogens is 1. The molecule has 1 N–H and O–H groups in total. The van der Waals surface area contributed by atoms with E-state index in [9.17, 15) is 9.59 Å². The zero-order valence-corrected chi connectivity index (χ0v) is 19.8. The van der Waals surface area contributed by atoms with Crippen LogP contribution in [0.2, 0.25) is 0 Å². The maximum Gasteiger partial charge on any atom is 0.251 e. The molecule has 0 aliphatic carbocycles. The summed E-state index contributed by atoms with van der Waals surface area (Å²) in [5.41, 5.74) is 2.55. The minimum Gasteiger partial charge on any atom is -0.368 e. The summed E-state index contributed by atoms with van der Waals surface area (Å²) in [5, 5.41) is 3.15. The molecule has 2 amide bonds. The Hall–Kier alpha value is -2.73. The van der Waals surface area contributed by atoms with Crippen LogP contribution in [0.4, 0.5) is 0 Å². The monoisotopic (exact) mass is 449 g/mol. The van der Waals surface area contributed by atoms with Crippen LogP contribution >= 0.6 is 0 Å². The Kier molecular flexibility index (Phi) is 7.43. The van der Waals surface area contributed by atoms with Gasteiger partial charge in [0.25, 0.3) is 5.91 Å². The van der Waals surface area contributed by atoms with Crippen molar-refractivity contribution < 1.29 is 14.3 Å². The molecule has 0 spiro atoms. The van der Waals surface area contributed by atoms with Crippen molar-refractivity contribution in [3.05, 3.63) is 54.4 Å². The van der Waals surface area contributed by atoms with Gasteiger partial charge in [-0.3, -0.25) is 14.6 Å². The number of nitrogens with zero attached hydrogens (tertiary/aromatic N) is 2. The number of benzene rings is 1. The molecule has 0 saturated carbocycles. The van der Waals surface area contributed by atoms with E-state index in [-0.39, 0.29) is 24.0 Å². The summed E-state index contributed by atoms with van der Waals surface area (Å²) in [6, 6.07) is 12.2. The zero-order chi connectivity index (χ0) is 23.3. The van der Waals surface area contributed by atoms with Gasteiger partial charge >= 0.3 is 0 Å². The fourth-order valence-corrected chi connectivity index (χ4v) is 5.13. The van der Waals surface area contributed by atoms with Crippen LogP contribution in [0, 0.1) is 5.41 Å². The molecular formula is C27H35N3O3. The molecule has 0 bridgehead atoms.